The lowest BCUT2D eigenvalue weighted by atomic mass is 10.0. The molecule has 11 heavy (non-hydrogen) atoms. The molecule has 0 fully saturated rings. The maximum absolute atomic E-state index is 4.32. The highest BCUT2D eigenvalue weighted by molar-refractivity contribution is 5.58. The summed E-state index contributed by atoms with van der Waals surface area (Å²) >= 11 is 0. The topological polar surface area (TPSA) is 12.4 Å². The lowest BCUT2D eigenvalue weighted by Crippen LogP contribution is -1.91. The average molecular weight is 153 g/mol. The first kappa shape index (κ1) is 10.4. The zero-order valence-corrected chi connectivity index (χ0v) is 8.31. The third kappa shape index (κ3) is 3.97. The molecule has 0 heterocycles. The molecule has 0 aromatic carbocycles. The molecule has 0 aliphatic rings. The first-order chi connectivity index (χ1) is 5.09. The van der Waals surface area contributed by atoms with Crippen LogP contribution in [0.2, 0.25) is 0 Å². The van der Waals surface area contributed by atoms with Gasteiger partial charge in [-0.05, 0) is 31.8 Å². The molecule has 64 valence electrons. The van der Waals surface area contributed by atoms with Crippen LogP contribution < -0.4 is 0 Å². The third-order valence-corrected chi connectivity index (χ3v) is 1.90. The lowest BCUT2D eigenvalue weighted by molar-refractivity contribution is 0.754. The smallest absolute Gasteiger partial charge is 0.0360 e. The van der Waals surface area contributed by atoms with Gasteiger partial charge in [0.2, 0.25) is 0 Å². The van der Waals surface area contributed by atoms with Crippen molar-refractivity contribution in [3.63, 3.8) is 0 Å². The lowest BCUT2D eigenvalue weighted by Gasteiger charge is -2.06. The Morgan fingerprint density at radius 3 is 2.27 bits per heavy atom. The van der Waals surface area contributed by atoms with Crippen LogP contribution >= 0.6 is 0 Å². The molecule has 0 aromatic rings. The van der Waals surface area contributed by atoms with Crippen molar-refractivity contribution in [2.75, 3.05) is 0 Å². The van der Waals surface area contributed by atoms with Crippen LogP contribution in [0.1, 0.15) is 41.0 Å². The highest BCUT2D eigenvalue weighted by Crippen LogP contribution is 2.13. The number of hydrogen-bond donors (Lipinski definition) is 0. The van der Waals surface area contributed by atoms with Gasteiger partial charge >= 0.3 is 0 Å². The molecule has 0 atom stereocenters. The molecule has 0 saturated carbocycles. The molecule has 0 bridgehead atoms. The normalized spacial score (nSPS) is 14.4. The van der Waals surface area contributed by atoms with E-state index in [1.54, 1.807) is 0 Å². The zero-order valence-electron chi connectivity index (χ0n) is 8.31. The van der Waals surface area contributed by atoms with Crippen LogP contribution in [-0.4, -0.2) is 6.21 Å². The minimum Gasteiger partial charge on any atom is -0.266 e. The van der Waals surface area contributed by atoms with E-state index in [0.717, 1.165) is 6.42 Å². The van der Waals surface area contributed by atoms with Crippen molar-refractivity contribution in [1.82, 2.24) is 0 Å². The van der Waals surface area contributed by atoms with Crippen LogP contribution in [0.25, 0.3) is 0 Å². The van der Waals surface area contributed by atoms with E-state index >= 15 is 0 Å². The number of aliphatic imine (C=N–C) groups is 1. The second kappa shape index (κ2) is 5.11. The van der Waals surface area contributed by atoms with Gasteiger partial charge in [0.05, 0.1) is 0 Å². The van der Waals surface area contributed by atoms with Gasteiger partial charge in [0.25, 0.3) is 0 Å². The van der Waals surface area contributed by atoms with Gasteiger partial charge in [-0.3, -0.25) is 4.99 Å². The van der Waals surface area contributed by atoms with Gasteiger partial charge < -0.3 is 0 Å². The minimum atomic E-state index is 0.615. The van der Waals surface area contributed by atoms with Gasteiger partial charge in [-0.25, -0.2) is 0 Å². The fourth-order valence-corrected chi connectivity index (χ4v) is 0.748. The van der Waals surface area contributed by atoms with E-state index in [4.69, 9.17) is 0 Å². The molecule has 0 aliphatic heterocycles. The van der Waals surface area contributed by atoms with E-state index in [9.17, 15) is 0 Å². The second-order valence-electron chi connectivity index (χ2n) is 3.14. The first-order valence-electron chi connectivity index (χ1n) is 4.29. The van der Waals surface area contributed by atoms with Crippen LogP contribution in [-0.2, 0) is 0 Å². The standard InChI is InChI=1S/C10H19N/c1-6-7-11-10(5)9(4)8(2)3/h7-8H,6H2,1-5H3/b10-9+,11-7-. The fourth-order valence-electron chi connectivity index (χ4n) is 0.748. The molecule has 0 rings (SSSR count). The Hall–Kier alpha value is -0.590. The van der Waals surface area contributed by atoms with Crippen LogP contribution in [0.4, 0.5) is 0 Å². The minimum absolute atomic E-state index is 0.615. The van der Waals surface area contributed by atoms with Crippen LogP contribution in [0.5, 0.6) is 0 Å². The summed E-state index contributed by atoms with van der Waals surface area (Å²) in [6.45, 7) is 10.7. The van der Waals surface area contributed by atoms with Crippen LogP contribution in [0.3, 0.4) is 0 Å². The third-order valence-electron chi connectivity index (χ3n) is 1.90. The molecule has 1 heteroatoms. The molecule has 0 aliphatic carbocycles. The van der Waals surface area contributed by atoms with E-state index in [2.05, 4.69) is 39.6 Å². The predicted octanol–water partition coefficient (Wildman–Crippen LogP) is 3.42. The molecule has 1 nitrogen and oxygen atoms in total. The summed E-state index contributed by atoms with van der Waals surface area (Å²) in [5, 5.41) is 0. The average Bonchev–Trinajstić information content (AvgIpc) is 1.98. The molecule has 0 amide bonds. The molecular weight excluding hydrogens is 134 g/mol. The molecule has 0 unspecified atom stereocenters. The monoisotopic (exact) mass is 153 g/mol. The fraction of sp³-hybridized carbons (Fsp3) is 0.700. The Balaban J connectivity index is 4.27. The summed E-state index contributed by atoms with van der Waals surface area (Å²) in [5.74, 6) is 0.615. The zero-order chi connectivity index (χ0) is 8.85. The number of nitrogens with zero attached hydrogens (tertiary/aromatic N) is 1. The Bertz CT molecular complexity index is 164. The van der Waals surface area contributed by atoms with Gasteiger partial charge in [-0.1, -0.05) is 20.8 Å². The largest absolute Gasteiger partial charge is 0.266 e. The Morgan fingerprint density at radius 2 is 1.91 bits per heavy atom. The molecule has 0 N–H and O–H groups in total. The Morgan fingerprint density at radius 1 is 1.36 bits per heavy atom. The van der Waals surface area contributed by atoms with Gasteiger partial charge in [-0.15, -0.1) is 0 Å². The Labute approximate surface area is 70.2 Å². The van der Waals surface area contributed by atoms with Crippen molar-refractivity contribution in [2.45, 2.75) is 41.0 Å². The molecular formula is C10H19N. The molecule has 0 spiro atoms. The van der Waals surface area contributed by atoms with Gasteiger partial charge in [0.1, 0.15) is 0 Å². The number of rotatable bonds is 3. The van der Waals surface area contributed by atoms with Crippen molar-refractivity contribution >= 4 is 6.21 Å². The summed E-state index contributed by atoms with van der Waals surface area (Å²) in [5.41, 5.74) is 2.55. The van der Waals surface area contributed by atoms with Crippen LogP contribution in [0.15, 0.2) is 16.3 Å². The maximum Gasteiger partial charge on any atom is 0.0360 e. The predicted molar refractivity (Wildman–Crippen MR) is 52.0 cm³/mol. The molecule has 0 aromatic heterocycles. The maximum atomic E-state index is 4.32. The quantitative estimate of drug-likeness (QED) is 0.551. The number of allylic oxidation sites excluding steroid dienone is 2. The van der Waals surface area contributed by atoms with Crippen molar-refractivity contribution in [1.29, 1.82) is 0 Å². The van der Waals surface area contributed by atoms with E-state index < -0.39 is 0 Å². The Kier molecular flexibility index (Phi) is 4.84. The SMILES string of the molecule is CC/C=N\C(C)=C(/C)C(C)C. The van der Waals surface area contributed by atoms with Crippen molar-refractivity contribution in [3.05, 3.63) is 11.3 Å². The summed E-state index contributed by atoms with van der Waals surface area (Å²) in [7, 11) is 0. The summed E-state index contributed by atoms with van der Waals surface area (Å²) in [4.78, 5) is 4.32. The summed E-state index contributed by atoms with van der Waals surface area (Å²) in [6.07, 6.45) is 2.98. The van der Waals surface area contributed by atoms with Crippen LogP contribution in [0, 0.1) is 5.92 Å². The summed E-state index contributed by atoms with van der Waals surface area (Å²) in [6, 6.07) is 0. The van der Waals surface area contributed by atoms with E-state index in [-0.39, 0.29) is 0 Å². The van der Waals surface area contributed by atoms with E-state index in [0.29, 0.717) is 5.92 Å². The molecule has 0 radical (unpaired) electrons. The molecule has 0 saturated heterocycles. The number of hydrogen-bond acceptors (Lipinski definition) is 1. The first-order valence-corrected chi connectivity index (χ1v) is 4.29. The van der Waals surface area contributed by atoms with E-state index in [1.807, 2.05) is 6.21 Å². The van der Waals surface area contributed by atoms with Crippen molar-refractivity contribution in [3.8, 4) is 0 Å². The van der Waals surface area contributed by atoms with Gasteiger partial charge in [0.15, 0.2) is 0 Å². The highest BCUT2D eigenvalue weighted by Gasteiger charge is 1.98. The van der Waals surface area contributed by atoms with E-state index in [1.165, 1.54) is 11.3 Å². The van der Waals surface area contributed by atoms with Crippen molar-refractivity contribution < 1.29 is 0 Å². The van der Waals surface area contributed by atoms with Gasteiger partial charge in [0, 0.05) is 11.9 Å². The van der Waals surface area contributed by atoms with Crippen molar-refractivity contribution in [2.24, 2.45) is 10.9 Å². The highest BCUT2D eigenvalue weighted by atomic mass is 14.7. The van der Waals surface area contributed by atoms with Gasteiger partial charge in [-0.2, -0.15) is 0 Å². The second-order valence-corrected chi connectivity index (χ2v) is 3.14. The summed E-state index contributed by atoms with van der Waals surface area (Å²) < 4.78 is 0.